The Labute approximate surface area is 217 Å². The SMILES string of the molecule is CCCC(=O)Nc1ccc(N2CCC(NC[C@H](O)COc3cccc4[nH]c5ccccc5c34)CC2)cc1. The van der Waals surface area contributed by atoms with Crippen molar-refractivity contribution < 1.29 is 14.6 Å². The van der Waals surface area contributed by atoms with Gasteiger partial charge in [0, 0.05) is 59.8 Å². The normalized spacial score (nSPS) is 15.2. The van der Waals surface area contributed by atoms with E-state index in [2.05, 4.69) is 44.8 Å². The number of carbonyl (C=O) groups is 1. The molecule has 5 rings (SSSR count). The third kappa shape index (κ3) is 6.06. The molecule has 0 radical (unpaired) electrons. The zero-order chi connectivity index (χ0) is 25.6. The molecule has 194 valence electrons. The Bertz CT molecular complexity index is 1330. The molecular weight excluding hydrogens is 464 g/mol. The van der Waals surface area contributed by atoms with Crippen molar-refractivity contribution >= 4 is 39.1 Å². The van der Waals surface area contributed by atoms with Crippen molar-refractivity contribution in [3.05, 3.63) is 66.7 Å². The van der Waals surface area contributed by atoms with Crippen LogP contribution in [0.3, 0.4) is 0 Å². The minimum Gasteiger partial charge on any atom is -0.490 e. The summed E-state index contributed by atoms with van der Waals surface area (Å²) in [7, 11) is 0. The number of ether oxygens (including phenoxy) is 1. The quantitative estimate of drug-likeness (QED) is 0.244. The number of aromatic nitrogens is 1. The fraction of sp³-hybridized carbons (Fsp3) is 0.367. The third-order valence-corrected chi connectivity index (χ3v) is 7.05. The first-order valence-corrected chi connectivity index (χ1v) is 13.3. The summed E-state index contributed by atoms with van der Waals surface area (Å²) >= 11 is 0. The van der Waals surface area contributed by atoms with Crippen LogP contribution < -0.4 is 20.3 Å². The highest BCUT2D eigenvalue weighted by Crippen LogP contribution is 2.33. The van der Waals surface area contributed by atoms with Gasteiger partial charge in [-0.2, -0.15) is 0 Å². The van der Waals surface area contributed by atoms with Crippen LogP contribution in [0.25, 0.3) is 21.8 Å². The highest BCUT2D eigenvalue weighted by atomic mass is 16.5. The van der Waals surface area contributed by atoms with Gasteiger partial charge in [-0.15, -0.1) is 0 Å². The van der Waals surface area contributed by atoms with Gasteiger partial charge in [0.05, 0.1) is 5.52 Å². The number of hydrogen-bond acceptors (Lipinski definition) is 5. The zero-order valence-corrected chi connectivity index (χ0v) is 21.4. The van der Waals surface area contributed by atoms with Crippen LogP contribution in [0.2, 0.25) is 0 Å². The number of benzene rings is 3. The van der Waals surface area contributed by atoms with E-state index in [1.807, 2.05) is 49.4 Å². The Morgan fingerprint density at radius 1 is 1.05 bits per heavy atom. The maximum atomic E-state index is 11.8. The molecule has 4 aromatic rings. The molecule has 1 atom stereocenters. The molecule has 1 aliphatic heterocycles. The first-order valence-electron chi connectivity index (χ1n) is 13.3. The van der Waals surface area contributed by atoms with Crippen molar-refractivity contribution in [2.24, 2.45) is 0 Å². The fourth-order valence-electron chi connectivity index (χ4n) is 5.08. The van der Waals surface area contributed by atoms with Crippen molar-refractivity contribution in [3.8, 4) is 5.75 Å². The minimum absolute atomic E-state index is 0.0599. The Morgan fingerprint density at radius 2 is 1.81 bits per heavy atom. The summed E-state index contributed by atoms with van der Waals surface area (Å²) < 4.78 is 6.06. The lowest BCUT2D eigenvalue weighted by Gasteiger charge is -2.34. The van der Waals surface area contributed by atoms with E-state index < -0.39 is 6.10 Å². The van der Waals surface area contributed by atoms with E-state index in [-0.39, 0.29) is 12.5 Å². The number of nitrogens with zero attached hydrogens (tertiary/aromatic N) is 1. The molecule has 7 nitrogen and oxygen atoms in total. The van der Waals surface area contributed by atoms with Crippen LogP contribution in [-0.4, -0.2) is 54.4 Å². The molecule has 1 aliphatic rings. The number of anilines is 2. The molecule has 0 bridgehead atoms. The van der Waals surface area contributed by atoms with Gasteiger partial charge in [0.25, 0.3) is 0 Å². The lowest BCUT2D eigenvalue weighted by Crippen LogP contribution is -2.45. The van der Waals surface area contributed by atoms with Gasteiger partial charge in [-0.05, 0) is 61.7 Å². The molecular formula is C30H36N4O3. The first kappa shape index (κ1) is 25.1. The average Bonchev–Trinajstić information content (AvgIpc) is 3.31. The van der Waals surface area contributed by atoms with E-state index in [4.69, 9.17) is 4.74 Å². The van der Waals surface area contributed by atoms with Crippen LogP contribution in [0.5, 0.6) is 5.75 Å². The van der Waals surface area contributed by atoms with Gasteiger partial charge in [-0.3, -0.25) is 4.79 Å². The summed E-state index contributed by atoms with van der Waals surface area (Å²) in [6.45, 7) is 4.65. The Balaban J connectivity index is 1.07. The minimum atomic E-state index is -0.589. The molecule has 3 aromatic carbocycles. The Kier molecular flexibility index (Phi) is 7.92. The number of aliphatic hydroxyl groups excluding tert-OH is 1. The highest BCUT2D eigenvalue weighted by Gasteiger charge is 2.20. The van der Waals surface area contributed by atoms with Crippen LogP contribution in [0.1, 0.15) is 32.6 Å². The number of piperidine rings is 1. The van der Waals surface area contributed by atoms with Crippen molar-refractivity contribution in [2.45, 2.75) is 44.8 Å². The Hall–Kier alpha value is -3.55. The standard InChI is InChI=1S/C30H36N4O3/c1-2-6-29(36)32-22-11-13-23(14-12-22)34-17-15-21(16-18-34)31-19-24(35)20-37-28-10-5-9-27-30(28)25-7-3-4-8-26(25)33-27/h3-5,7-14,21,24,31,33,35H,2,6,15-20H2,1H3,(H,32,36)/t24-/m0/s1. The van der Waals surface area contributed by atoms with E-state index >= 15 is 0 Å². The van der Waals surface area contributed by atoms with Crippen molar-refractivity contribution in [2.75, 3.05) is 36.5 Å². The monoisotopic (exact) mass is 500 g/mol. The predicted molar refractivity (Wildman–Crippen MR) is 151 cm³/mol. The topological polar surface area (TPSA) is 89.6 Å². The molecule has 2 heterocycles. The molecule has 0 saturated carbocycles. The van der Waals surface area contributed by atoms with Gasteiger partial charge in [0.15, 0.2) is 0 Å². The van der Waals surface area contributed by atoms with Crippen LogP contribution in [0.15, 0.2) is 66.7 Å². The lowest BCUT2D eigenvalue weighted by atomic mass is 10.0. The summed E-state index contributed by atoms with van der Waals surface area (Å²) in [5, 5.41) is 19.2. The van der Waals surface area contributed by atoms with Gasteiger partial charge in [-0.25, -0.2) is 0 Å². The number of amides is 1. The van der Waals surface area contributed by atoms with Gasteiger partial charge in [-0.1, -0.05) is 31.2 Å². The lowest BCUT2D eigenvalue weighted by molar-refractivity contribution is -0.116. The maximum Gasteiger partial charge on any atom is 0.224 e. The van der Waals surface area contributed by atoms with Gasteiger partial charge < -0.3 is 30.4 Å². The predicted octanol–water partition coefficient (Wildman–Crippen LogP) is 5.06. The molecule has 1 saturated heterocycles. The fourth-order valence-corrected chi connectivity index (χ4v) is 5.08. The van der Waals surface area contributed by atoms with Gasteiger partial charge in [0.2, 0.25) is 5.91 Å². The summed E-state index contributed by atoms with van der Waals surface area (Å²) in [4.78, 5) is 17.6. The maximum absolute atomic E-state index is 11.8. The van der Waals surface area contributed by atoms with Crippen LogP contribution >= 0.6 is 0 Å². The summed E-state index contributed by atoms with van der Waals surface area (Å²) in [6.07, 6.45) is 2.82. The number of nitrogens with one attached hydrogen (secondary N) is 3. The molecule has 0 aliphatic carbocycles. The van der Waals surface area contributed by atoms with Crippen LogP contribution in [0.4, 0.5) is 11.4 Å². The largest absolute Gasteiger partial charge is 0.490 e. The van der Waals surface area contributed by atoms with Gasteiger partial charge in [0.1, 0.15) is 18.5 Å². The summed E-state index contributed by atoms with van der Waals surface area (Å²) in [5.74, 6) is 0.850. The molecule has 1 aromatic heterocycles. The number of fused-ring (bicyclic) bond motifs is 3. The third-order valence-electron chi connectivity index (χ3n) is 7.05. The first-order chi connectivity index (χ1) is 18.1. The van der Waals surface area contributed by atoms with E-state index in [1.54, 1.807) is 0 Å². The number of rotatable bonds is 10. The van der Waals surface area contributed by atoms with E-state index in [0.29, 0.717) is 19.0 Å². The van der Waals surface area contributed by atoms with Gasteiger partial charge >= 0.3 is 0 Å². The van der Waals surface area contributed by atoms with Crippen LogP contribution in [-0.2, 0) is 4.79 Å². The Morgan fingerprint density at radius 3 is 2.59 bits per heavy atom. The molecule has 1 fully saturated rings. The zero-order valence-electron chi connectivity index (χ0n) is 21.4. The average molecular weight is 501 g/mol. The molecule has 4 N–H and O–H groups in total. The molecule has 0 spiro atoms. The second-order valence-corrected chi connectivity index (χ2v) is 9.83. The van der Waals surface area contributed by atoms with Crippen LogP contribution in [0, 0.1) is 0 Å². The number of aliphatic hydroxyl groups is 1. The highest BCUT2D eigenvalue weighted by molar-refractivity contribution is 6.10. The molecule has 37 heavy (non-hydrogen) atoms. The van der Waals surface area contributed by atoms with Crippen molar-refractivity contribution in [3.63, 3.8) is 0 Å². The smallest absolute Gasteiger partial charge is 0.224 e. The van der Waals surface area contributed by atoms with Crippen molar-refractivity contribution in [1.82, 2.24) is 10.3 Å². The van der Waals surface area contributed by atoms with Crippen molar-refractivity contribution in [1.29, 1.82) is 0 Å². The number of aromatic amines is 1. The number of para-hydroxylation sites is 1. The van der Waals surface area contributed by atoms with E-state index in [1.165, 1.54) is 5.69 Å². The number of hydrogen-bond donors (Lipinski definition) is 4. The summed E-state index contributed by atoms with van der Waals surface area (Å²) in [6, 6.07) is 22.6. The molecule has 1 amide bonds. The molecule has 7 heteroatoms. The number of H-pyrrole nitrogens is 1. The second kappa shape index (κ2) is 11.7. The van der Waals surface area contributed by atoms with E-state index in [0.717, 1.165) is 65.6 Å². The van der Waals surface area contributed by atoms with E-state index in [9.17, 15) is 9.90 Å². The second-order valence-electron chi connectivity index (χ2n) is 9.83. The summed E-state index contributed by atoms with van der Waals surface area (Å²) in [5.41, 5.74) is 4.13. The number of carbonyl (C=O) groups excluding carboxylic acids is 1. The molecule has 0 unspecified atom stereocenters.